The van der Waals surface area contributed by atoms with Crippen LogP contribution in [0.3, 0.4) is 0 Å². The molecule has 19 heavy (non-hydrogen) atoms. The summed E-state index contributed by atoms with van der Waals surface area (Å²) >= 11 is 0. The highest BCUT2D eigenvalue weighted by Gasteiger charge is 2.24. The molecule has 5 nitrogen and oxygen atoms in total. The molecular formula is C12H23N3O2S2. The lowest BCUT2D eigenvalue weighted by atomic mass is 10.3. The molecule has 110 valence electrons. The van der Waals surface area contributed by atoms with Gasteiger partial charge in [-0.15, -0.1) is 0 Å². The Labute approximate surface area is 117 Å². The summed E-state index contributed by atoms with van der Waals surface area (Å²) in [4.78, 5) is 4.33. The van der Waals surface area contributed by atoms with E-state index in [-0.39, 0.29) is 5.50 Å². The molecule has 0 bridgehead atoms. The van der Waals surface area contributed by atoms with E-state index in [1.165, 1.54) is 6.34 Å². The zero-order valence-electron chi connectivity index (χ0n) is 11.7. The summed E-state index contributed by atoms with van der Waals surface area (Å²) in [5.41, 5.74) is -0.0792. The van der Waals surface area contributed by atoms with E-state index >= 15 is 0 Å². The highest BCUT2D eigenvalue weighted by molar-refractivity contribution is 8.36. The number of aliphatic imine (C=N–C) groups is 1. The monoisotopic (exact) mass is 305 g/mol. The Morgan fingerprint density at radius 2 is 2.11 bits per heavy atom. The Bertz CT molecular complexity index is 471. The lowest BCUT2D eigenvalue weighted by molar-refractivity contribution is 0.599. The highest BCUT2D eigenvalue weighted by atomic mass is 32.3. The highest BCUT2D eigenvalue weighted by Crippen LogP contribution is 2.51. The summed E-state index contributed by atoms with van der Waals surface area (Å²) < 4.78 is 24.3. The molecule has 0 saturated heterocycles. The average Bonchev–Trinajstić information content (AvgIpc) is 2.28. The van der Waals surface area contributed by atoms with Gasteiger partial charge in [0.15, 0.2) is 0 Å². The van der Waals surface area contributed by atoms with Gasteiger partial charge >= 0.3 is 0 Å². The predicted octanol–water partition coefficient (Wildman–Crippen LogP) is 1.36. The standard InChI is InChI=1S/C12H23N3O2S2/c1-13-12(14-11-15-19(3,16)17)18(2)9-7-5-4-6-8-10-18/h4-5,8,10-13H,6-7,9H2,1-3H3,(H,14,15)/b5-4-,10-8-. The average molecular weight is 305 g/mol. The first-order chi connectivity index (χ1) is 8.87. The molecule has 7 heteroatoms. The molecule has 2 unspecified atom stereocenters. The van der Waals surface area contributed by atoms with Crippen LogP contribution in [-0.4, -0.2) is 45.6 Å². The molecule has 0 spiro atoms. The number of sulfonamides is 1. The Morgan fingerprint density at radius 1 is 1.37 bits per heavy atom. The Hall–Kier alpha value is -0.790. The van der Waals surface area contributed by atoms with Crippen molar-refractivity contribution >= 4 is 26.4 Å². The van der Waals surface area contributed by atoms with Crippen LogP contribution >= 0.6 is 10.0 Å². The molecule has 0 radical (unpaired) electrons. The number of hydrogen-bond donors (Lipinski definition) is 2. The summed E-state index contributed by atoms with van der Waals surface area (Å²) in [7, 11) is -2.47. The molecule has 2 N–H and O–H groups in total. The molecule has 0 aromatic heterocycles. The van der Waals surface area contributed by atoms with Crippen LogP contribution in [0.15, 0.2) is 28.6 Å². The summed E-state index contributed by atoms with van der Waals surface area (Å²) in [6.45, 7) is 0. The molecule has 0 aromatic carbocycles. The smallest absolute Gasteiger partial charge is 0.230 e. The van der Waals surface area contributed by atoms with Gasteiger partial charge in [0.1, 0.15) is 5.50 Å². The van der Waals surface area contributed by atoms with Crippen molar-refractivity contribution in [3.63, 3.8) is 0 Å². The van der Waals surface area contributed by atoms with Gasteiger partial charge in [0.2, 0.25) is 10.0 Å². The normalized spacial score (nSPS) is 32.8. The molecule has 2 atom stereocenters. The van der Waals surface area contributed by atoms with Crippen LogP contribution < -0.4 is 10.0 Å². The van der Waals surface area contributed by atoms with E-state index in [0.29, 0.717) is 0 Å². The molecule has 0 aromatic rings. The van der Waals surface area contributed by atoms with E-state index in [1.807, 2.05) is 7.05 Å². The van der Waals surface area contributed by atoms with E-state index in [9.17, 15) is 8.42 Å². The number of nitrogens with zero attached hydrogens (tertiary/aromatic N) is 1. The van der Waals surface area contributed by atoms with Crippen LogP contribution in [0.25, 0.3) is 0 Å². The number of allylic oxidation sites excluding steroid dienone is 3. The van der Waals surface area contributed by atoms with Gasteiger partial charge in [0.25, 0.3) is 0 Å². The maximum absolute atomic E-state index is 11.0. The van der Waals surface area contributed by atoms with Gasteiger partial charge in [0.05, 0.1) is 12.6 Å². The van der Waals surface area contributed by atoms with Crippen molar-refractivity contribution in [2.45, 2.75) is 18.3 Å². The van der Waals surface area contributed by atoms with Gasteiger partial charge in [-0.2, -0.15) is 10.0 Å². The van der Waals surface area contributed by atoms with Crippen molar-refractivity contribution in [3.8, 4) is 0 Å². The topological polar surface area (TPSA) is 70.6 Å². The van der Waals surface area contributed by atoms with Crippen molar-refractivity contribution in [1.29, 1.82) is 0 Å². The summed E-state index contributed by atoms with van der Waals surface area (Å²) in [6, 6.07) is 0. The number of nitrogens with one attached hydrogen (secondary N) is 2. The van der Waals surface area contributed by atoms with Gasteiger partial charge < -0.3 is 0 Å². The first-order valence-corrected chi connectivity index (χ1v) is 10.3. The van der Waals surface area contributed by atoms with E-state index in [0.717, 1.165) is 24.9 Å². The molecule has 1 aliphatic heterocycles. The zero-order valence-corrected chi connectivity index (χ0v) is 13.3. The minimum Gasteiger partial charge on any atom is -0.291 e. The minimum atomic E-state index is -3.24. The van der Waals surface area contributed by atoms with E-state index in [1.54, 1.807) is 0 Å². The number of rotatable bonds is 5. The van der Waals surface area contributed by atoms with Crippen LogP contribution in [0.5, 0.6) is 0 Å². The fraction of sp³-hybridized carbons (Fsp3) is 0.583. The second-order valence-electron chi connectivity index (χ2n) is 4.61. The second kappa shape index (κ2) is 7.12. The molecule has 0 aliphatic carbocycles. The summed E-state index contributed by atoms with van der Waals surface area (Å²) in [5.74, 6) is 1.04. The van der Waals surface area contributed by atoms with Crippen molar-refractivity contribution in [1.82, 2.24) is 10.0 Å². The Kier molecular flexibility index (Phi) is 6.09. The second-order valence-corrected chi connectivity index (χ2v) is 9.98. The van der Waals surface area contributed by atoms with Gasteiger partial charge in [-0.25, -0.2) is 13.4 Å². The van der Waals surface area contributed by atoms with Crippen molar-refractivity contribution < 1.29 is 8.42 Å². The maximum Gasteiger partial charge on any atom is 0.230 e. The lowest BCUT2D eigenvalue weighted by Crippen LogP contribution is -2.31. The van der Waals surface area contributed by atoms with E-state index in [2.05, 4.69) is 44.9 Å². The first-order valence-electron chi connectivity index (χ1n) is 6.10. The Balaban J connectivity index is 2.79. The third-order valence-corrected chi connectivity index (χ3v) is 6.64. The van der Waals surface area contributed by atoms with Crippen LogP contribution in [0, 0.1) is 0 Å². The summed E-state index contributed by atoms with van der Waals surface area (Å²) in [6.07, 6.45) is 13.1. The quantitative estimate of drug-likeness (QED) is 0.458. The zero-order chi connectivity index (χ0) is 14.4. The molecular weight excluding hydrogens is 282 g/mol. The van der Waals surface area contributed by atoms with Crippen molar-refractivity contribution in [2.75, 3.05) is 25.3 Å². The minimum absolute atomic E-state index is 0.0792. The fourth-order valence-electron chi connectivity index (χ4n) is 1.82. The van der Waals surface area contributed by atoms with E-state index < -0.39 is 20.1 Å². The first kappa shape index (κ1) is 16.3. The van der Waals surface area contributed by atoms with Crippen LogP contribution in [0.1, 0.15) is 12.8 Å². The molecule has 0 fully saturated rings. The van der Waals surface area contributed by atoms with Crippen LogP contribution in [0.2, 0.25) is 0 Å². The van der Waals surface area contributed by atoms with Gasteiger partial charge in [-0.3, -0.25) is 10.0 Å². The van der Waals surface area contributed by atoms with Crippen LogP contribution in [-0.2, 0) is 10.0 Å². The SMILES string of the molecule is CNC(N=CNS(C)(=O)=O)S1(C)/C=C\C/C=C\CC1. The summed E-state index contributed by atoms with van der Waals surface area (Å²) in [5, 5.41) is 5.42. The predicted molar refractivity (Wildman–Crippen MR) is 85.2 cm³/mol. The van der Waals surface area contributed by atoms with Gasteiger partial charge in [-0.05, 0) is 37.3 Å². The van der Waals surface area contributed by atoms with Gasteiger partial charge in [-0.1, -0.05) is 18.2 Å². The lowest BCUT2D eigenvalue weighted by Gasteiger charge is -2.38. The molecule has 1 aliphatic rings. The van der Waals surface area contributed by atoms with E-state index in [4.69, 9.17) is 0 Å². The van der Waals surface area contributed by atoms with Crippen molar-refractivity contribution in [2.24, 2.45) is 4.99 Å². The van der Waals surface area contributed by atoms with Crippen molar-refractivity contribution in [3.05, 3.63) is 23.6 Å². The third-order valence-electron chi connectivity index (χ3n) is 2.80. The maximum atomic E-state index is 11.0. The third kappa shape index (κ3) is 5.80. The molecule has 1 rings (SSSR count). The Morgan fingerprint density at radius 3 is 2.74 bits per heavy atom. The molecule has 0 saturated carbocycles. The van der Waals surface area contributed by atoms with Crippen LogP contribution in [0.4, 0.5) is 0 Å². The largest absolute Gasteiger partial charge is 0.291 e. The fourth-order valence-corrected chi connectivity index (χ4v) is 4.65. The van der Waals surface area contributed by atoms with Gasteiger partial charge in [0, 0.05) is 0 Å². The molecule has 1 heterocycles. The number of hydrogen-bond acceptors (Lipinski definition) is 4. The molecule has 0 amide bonds.